The lowest BCUT2D eigenvalue weighted by Gasteiger charge is -2.00. The third-order valence-corrected chi connectivity index (χ3v) is 5.12. The molecule has 0 unspecified atom stereocenters. The summed E-state index contributed by atoms with van der Waals surface area (Å²) in [6, 6.07) is 3.69. The minimum absolute atomic E-state index is 0.128. The monoisotopic (exact) mass is 297 g/mol. The molecule has 0 fully saturated rings. The van der Waals surface area contributed by atoms with Gasteiger partial charge in [-0.15, -0.1) is 11.3 Å². The largest absolute Gasteiger partial charge is 0.330 e. The topological polar surface area (TPSA) is 60.2 Å². The predicted octanol–water partition coefficient (Wildman–Crippen LogP) is 1.77. The van der Waals surface area contributed by atoms with Crippen LogP contribution in [-0.4, -0.2) is 20.7 Å². The first-order chi connectivity index (χ1) is 6.53. The molecule has 14 heavy (non-hydrogen) atoms. The number of sulfone groups is 1. The van der Waals surface area contributed by atoms with E-state index in [-0.39, 0.29) is 11.5 Å². The van der Waals surface area contributed by atoms with Crippen molar-refractivity contribution in [2.24, 2.45) is 5.73 Å². The van der Waals surface area contributed by atoms with E-state index in [9.17, 15) is 8.42 Å². The van der Waals surface area contributed by atoms with Crippen LogP contribution in [0.3, 0.4) is 0 Å². The van der Waals surface area contributed by atoms with Crippen LogP contribution in [0.15, 0.2) is 15.9 Å². The summed E-state index contributed by atoms with van der Waals surface area (Å²) in [5.74, 6) is 0.308. The molecule has 6 heteroatoms. The van der Waals surface area contributed by atoms with Crippen LogP contribution < -0.4 is 5.73 Å². The molecule has 1 heterocycles. The molecule has 3 nitrogen and oxygen atoms in total. The molecule has 80 valence electrons. The Labute approximate surface area is 96.4 Å². The summed E-state index contributed by atoms with van der Waals surface area (Å²) in [7, 11) is -2.97. The summed E-state index contributed by atoms with van der Waals surface area (Å²) in [6.07, 6.45) is 0.537. The van der Waals surface area contributed by atoms with Gasteiger partial charge in [0.15, 0.2) is 9.84 Å². The molecule has 0 saturated carbocycles. The normalized spacial score (nSPS) is 11.9. The number of thiophene rings is 1. The van der Waals surface area contributed by atoms with Gasteiger partial charge in [0, 0.05) is 4.88 Å². The van der Waals surface area contributed by atoms with Gasteiger partial charge in [0.2, 0.25) is 0 Å². The Morgan fingerprint density at radius 2 is 2.14 bits per heavy atom. The van der Waals surface area contributed by atoms with Gasteiger partial charge in [-0.2, -0.15) is 0 Å². The van der Waals surface area contributed by atoms with E-state index in [1.54, 1.807) is 0 Å². The molecular formula is C8H12BrNO2S2. The van der Waals surface area contributed by atoms with Gasteiger partial charge in [0.05, 0.1) is 15.3 Å². The highest BCUT2D eigenvalue weighted by Crippen LogP contribution is 2.23. The molecule has 0 saturated heterocycles. The zero-order chi connectivity index (χ0) is 10.6. The van der Waals surface area contributed by atoms with Crippen LogP contribution in [-0.2, 0) is 15.6 Å². The molecule has 0 atom stereocenters. The second-order valence-electron chi connectivity index (χ2n) is 2.94. The highest BCUT2D eigenvalue weighted by atomic mass is 79.9. The summed E-state index contributed by atoms with van der Waals surface area (Å²) in [4.78, 5) is 0.869. The van der Waals surface area contributed by atoms with E-state index in [0.29, 0.717) is 13.0 Å². The maximum Gasteiger partial charge on any atom is 0.155 e. The third-order valence-electron chi connectivity index (χ3n) is 1.65. The van der Waals surface area contributed by atoms with Crippen LogP contribution in [0.2, 0.25) is 0 Å². The second-order valence-corrected chi connectivity index (χ2v) is 7.67. The maximum absolute atomic E-state index is 11.5. The average molecular weight is 298 g/mol. The highest BCUT2D eigenvalue weighted by molar-refractivity contribution is 9.11. The van der Waals surface area contributed by atoms with Gasteiger partial charge in [-0.25, -0.2) is 8.42 Å². The van der Waals surface area contributed by atoms with Crippen molar-refractivity contribution >= 4 is 37.1 Å². The summed E-state index contributed by atoms with van der Waals surface area (Å²) in [5.41, 5.74) is 5.26. The Kier molecular flexibility index (Phi) is 4.56. The Balaban J connectivity index is 2.59. The summed E-state index contributed by atoms with van der Waals surface area (Å²) < 4.78 is 24.0. The van der Waals surface area contributed by atoms with Crippen LogP contribution in [0.4, 0.5) is 0 Å². The summed E-state index contributed by atoms with van der Waals surface area (Å²) >= 11 is 4.75. The Hall–Kier alpha value is 0.0900. The van der Waals surface area contributed by atoms with Crippen LogP contribution in [0.25, 0.3) is 0 Å². The molecule has 0 spiro atoms. The van der Waals surface area contributed by atoms with Gasteiger partial charge in [-0.05, 0) is 41.0 Å². The number of nitrogens with two attached hydrogens (primary N) is 1. The van der Waals surface area contributed by atoms with Gasteiger partial charge >= 0.3 is 0 Å². The van der Waals surface area contributed by atoms with Crippen LogP contribution in [0.1, 0.15) is 11.3 Å². The molecular weight excluding hydrogens is 286 g/mol. The van der Waals surface area contributed by atoms with Crippen molar-refractivity contribution in [1.82, 2.24) is 0 Å². The molecule has 0 amide bonds. The van der Waals surface area contributed by atoms with Gasteiger partial charge in [0.1, 0.15) is 0 Å². The maximum atomic E-state index is 11.5. The third kappa shape index (κ3) is 4.08. The number of rotatable bonds is 5. The van der Waals surface area contributed by atoms with E-state index in [0.717, 1.165) is 8.66 Å². The standard InChI is InChI=1S/C8H12BrNO2S2/c9-8-3-2-7(13-8)6-14(11,12)5-1-4-10/h2-3H,1,4-6,10H2. The van der Waals surface area contributed by atoms with E-state index in [4.69, 9.17) is 5.73 Å². The zero-order valence-corrected chi connectivity index (χ0v) is 10.8. The van der Waals surface area contributed by atoms with Crippen LogP contribution in [0, 0.1) is 0 Å². The molecule has 0 aromatic carbocycles. The summed E-state index contributed by atoms with van der Waals surface area (Å²) in [6.45, 7) is 0.424. The predicted molar refractivity (Wildman–Crippen MR) is 63.2 cm³/mol. The molecule has 0 aliphatic heterocycles. The fourth-order valence-corrected chi connectivity index (χ4v) is 4.35. The van der Waals surface area contributed by atoms with Crippen molar-refractivity contribution in [2.45, 2.75) is 12.2 Å². The van der Waals surface area contributed by atoms with E-state index in [2.05, 4.69) is 15.9 Å². The molecule has 1 aromatic heterocycles. The van der Waals surface area contributed by atoms with Gasteiger partial charge in [-0.1, -0.05) is 0 Å². The van der Waals surface area contributed by atoms with Crippen molar-refractivity contribution in [3.63, 3.8) is 0 Å². The zero-order valence-electron chi connectivity index (χ0n) is 7.57. The molecule has 1 aromatic rings. The summed E-state index contributed by atoms with van der Waals surface area (Å²) in [5, 5.41) is 0. The van der Waals surface area contributed by atoms with Crippen LogP contribution in [0.5, 0.6) is 0 Å². The van der Waals surface area contributed by atoms with Gasteiger partial charge < -0.3 is 5.73 Å². The Morgan fingerprint density at radius 1 is 1.43 bits per heavy atom. The Morgan fingerprint density at radius 3 is 2.64 bits per heavy atom. The molecule has 2 N–H and O–H groups in total. The quantitative estimate of drug-likeness (QED) is 0.901. The van der Waals surface area contributed by atoms with E-state index >= 15 is 0 Å². The van der Waals surface area contributed by atoms with E-state index in [1.807, 2.05) is 12.1 Å². The first-order valence-electron chi connectivity index (χ1n) is 4.18. The molecule has 0 aliphatic rings. The van der Waals surface area contributed by atoms with Crippen molar-refractivity contribution < 1.29 is 8.42 Å². The molecule has 0 aliphatic carbocycles. The van der Waals surface area contributed by atoms with Gasteiger partial charge in [0.25, 0.3) is 0 Å². The first-order valence-corrected chi connectivity index (χ1v) is 7.61. The molecule has 1 rings (SSSR count). The first kappa shape index (κ1) is 12.2. The lowest BCUT2D eigenvalue weighted by Crippen LogP contribution is -2.12. The minimum atomic E-state index is -2.97. The van der Waals surface area contributed by atoms with E-state index in [1.165, 1.54) is 11.3 Å². The van der Waals surface area contributed by atoms with Gasteiger partial charge in [-0.3, -0.25) is 0 Å². The SMILES string of the molecule is NCCCS(=O)(=O)Cc1ccc(Br)s1. The molecule has 0 bridgehead atoms. The minimum Gasteiger partial charge on any atom is -0.330 e. The fourth-order valence-electron chi connectivity index (χ4n) is 1.02. The number of halogens is 1. The van der Waals surface area contributed by atoms with Crippen LogP contribution >= 0.6 is 27.3 Å². The second kappa shape index (κ2) is 5.25. The molecule has 0 radical (unpaired) electrons. The van der Waals surface area contributed by atoms with Crippen molar-refractivity contribution in [3.8, 4) is 0 Å². The highest BCUT2D eigenvalue weighted by Gasteiger charge is 2.12. The Bertz CT molecular complexity index is 386. The van der Waals surface area contributed by atoms with Crippen molar-refractivity contribution in [2.75, 3.05) is 12.3 Å². The van der Waals surface area contributed by atoms with Crippen molar-refractivity contribution in [3.05, 3.63) is 20.8 Å². The smallest absolute Gasteiger partial charge is 0.155 e. The fraction of sp³-hybridized carbons (Fsp3) is 0.500. The van der Waals surface area contributed by atoms with Crippen molar-refractivity contribution in [1.29, 1.82) is 0 Å². The van der Waals surface area contributed by atoms with E-state index < -0.39 is 9.84 Å². The lowest BCUT2D eigenvalue weighted by atomic mass is 10.5. The lowest BCUT2D eigenvalue weighted by molar-refractivity contribution is 0.593. The number of hydrogen-bond donors (Lipinski definition) is 1. The average Bonchev–Trinajstić information content (AvgIpc) is 2.47. The number of hydrogen-bond acceptors (Lipinski definition) is 4.